The smallest absolute Gasteiger partial charge is 0.272 e. The van der Waals surface area contributed by atoms with E-state index in [1.165, 1.54) is 12.1 Å². The molecule has 148 valence electrons. The average molecular weight is 431 g/mol. The Labute approximate surface area is 177 Å². The highest BCUT2D eigenvalue weighted by molar-refractivity contribution is 6.37. The largest absolute Gasteiger partial charge is 0.454 e. The van der Waals surface area contributed by atoms with Crippen LogP contribution in [-0.4, -0.2) is 10.8 Å². The van der Waals surface area contributed by atoms with E-state index in [0.717, 1.165) is 11.1 Å². The number of nitrogens with one attached hydrogen (secondary N) is 1. The Morgan fingerprint density at radius 2 is 1.52 bits per heavy atom. The number of benzene rings is 3. The first kappa shape index (κ1) is 20.6. The number of amides is 1. The van der Waals surface area contributed by atoms with Crippen molar-refractivity contribution in [3.63, 3.8) is 0 Å². The lowest BCUT2D eigenvalue weighted by Crippen LogP contribution is -2.12. The number of aryl methyl sites for hydroxylation is 2. The number of non-ortho nitro benzene ring substituents is 1. The normalized spacial score (nSPS) is 10.5. The number of ether oxygens (including phenoxy) is 1. The Balaban J connectivity index is 1.87. The summed E-state index contributed by atoms with van der Waals surface area (Å²) in [7, 11) is 0. The molecule has 0 saturated heterocycles. The van der Waals surface area contributed by atoms with E-state index in [-0.39, 0.29) is 27.4 Å². The molecule has 0 fully saturated rings. The first-order valence-electron chi connectivity index (χ1n) is 8.55. The first-order valence-corrected chi connectivity index (χ1v) is 9.31. The number of nitrogens with zero attached hydrogens (tertiary/aromatic N) is 1. The molecule has 0 spiro atoms. The summed E-state index contributed by atoms with van der Waals surface area (Å²) in [5, 5.41) is 13.8. The van der Waals surface area contributed by atoms with Gasteiger partial charge in [-0.2, -0.15) is 0 Å². The molecule has 8 heteroatoms. The fourth-order valence-electron chi connectivity index (χ4n) is 2.83. The second-order valence-electron chi connectivity index (χ2n) is 6.36. The third-order valence-electron chi connectivity index (χ3n) is 4.15. The summed E-state index contributed by atoms with van der Waals surface area (Å²) in [6, 6.07) is 14.8. The van der Waals surface area contributed by atoms with Crippen LogP contribution in [0.3, 0.4) is 0 Å². The van der Waals surface area contributed by atoms with E-state index in [1.807, 2.05) is 19.9 Å². The first-order chi connectivity index (χ1) is 13.8. The molecule has 0 saturated carbocycles. The number of rotatable bonds is 5. The zero-order chi connectivity index (χ0) is 21.1. The van der Waals surface area contributed by atoms with Gasteiger partial charge in [-0.3, -0.25) is 14.9 Å². The zero-order valence-corrected chi connectivity index (χ0v) is 17.0. The molecule has 29 heavy (non-hydrogen) atoms. The molecular weight excluding hydrogens is 415 g/mol. The average Bonchev–Trinajstić information content (AvgIpc) is 2.66. The standard InChI is InChI=1S/C21H16Cl2N2O4/c1-12-8-15(24-21(26)14-6-4-3-5-7-14)9-13(2)19(12)29-20-17(22)10-16(25(27)28)11-18(20)23/h3-11H,1-2H3,(H,24,26). The number of carbonyl (C=O) groups is 1. The van der Waals surface area contributed by atoms with Gasteiger partial charge in [0.25, 0.3) is 11.6 Å². The minimum absolute atomic E-state index is 0.0319. The second kappa shape index (κ2) is 8.51. The fourth-order valence-corrected chi connectivity index (χ4v) is 3.38. The molecule has 1 N–H and O–H groups in total. The third-order valence-corrected chi connectivity index (χ3v) is 4.71. The number of halogens is 2. The Hall–Kier alpha value is -3.09. The van der Waals surface area contributed by atoms with Gasteiger partial charge < -0.3 is 10.1 Å². The molecule has 0 heterocycles. The molecule has 1 amide bonds. The van der Waals surface area contributed by atoms with Crippen LogP contribution in [0, 0.1) is 24.0 Å². The van der Waals surface area contributed by atoms with Crippen molar-refractivity contribution in [2.24, 2.45) is 0 Å². The van der Waals surface area contributed by atoms with Gasteiger partial charge in [-0.15, -0.1) is 0 Å². The monoisotopic (exact) mass is 430 g/mol. The van der Waals surface area contributed by atoms with Crippen molar-refractivity contribution in [3.05, 3.63) is 91.4 Å². The summed E-state index contributed by atoms with van der Waals surface area (Å²) in [5.41, 5.74) is 2.41. The van der Waals surface area contributed by atoms with Crippen LogP contribution in [0.4, 0.5) is 11.4 Å². The number of nitro groups is 1. The van der Waals surface area contributed by atoms with Gasteiger partial charge in [0.2, 0.25) is 0 Å². The van der Waals surface area contributed by atoms with Crippen molar-refractivity contribution in [3.8, 4) is 11.5 Å². The summed E-state index contributed by atoms with van der Waals surface area (Å²) in [5.74, 6) is 0.408. The van der Waals surface area contributed by atoms with Crippen molar-refractivity contribution < 1.29 is 14.5 Å². The topological polar surface area (TPSA) is 81.5 Å². The molecule has 0 radical (unpaired) electrons. The fraction of sp³-hybridized carbons (Fsp3) is 0.0952. The Morgan fingerprint density at radius 1 is 0.966 bits per heavy atom. The highest BCUT2D eigenvalue weighted by Crippen LogP contribution is 2.41. The predicted molar refractivity (Wildman–Crippen MR) is 114 cm³/mol. The van der Waals surface area contributed by atoms with Crippen LogP contribution in [0.2, 0.25) is 10.0 Å². The van der Waals surface area contributed by atoms with Crippen LogP contribution in [0.1, 0.15) is 21.5 Å². The lowest BCUT2D eigenvalue weighted by atomic mass is 10.1. The summed E-state index contributed by atoms with van der Waals surface area (Å²) in [6.45, 7) is 3.63. The molecule has 6 nitrogen and oxygen atoms in total. The number of hydrogen-bond acceptors (Lipinski definition) is 4. The minimum atomic E-state index is -0.581. The molecule has 0 unspecified atom stereocenters. The Bertz CT molecular complexity index is 1060. The van der Waals surface area contributed by atoms with Gasteiger partial charge in [0, 0.05) is 23.4 Å². The molecule has 0 aliphatic carbocycles. The Kier molecular flexibility index (Phi) is 6.06. The van der Waals surface area contributed by atoms with E-state index in [9.17, 15) is 14.9 Å². The van der Waals surface area contributed by atoms with E-state index in [2.05, 4.69) is 5.32 Å². The number of hydrogen-bond donors (Lipinski definition) is 1. The van der Waals surface area contributed by atoms with Crippen molar-refractivity contribution >= 4 is 40.5 Å². The molecule has 3 aromatic rings. The van der Waals surface area contributed by atoms with Crippen molar-refractivity contribution in [1.29, 1.82) is 0 Å². The maximum atomic E-state index is 12.4. The van der Waals surface area contributed by atoms with Crippen molar-refractivity contribution in [1.82, 2.24) is 0 Å². The summed E-state index contributed by atoms with van der Waals surface area (Å²) in [4.78, 5) is 22.7. The van der Waals surface area contributed by atoms with Crippen LogP contribution < -0.4 is 10.1 Å². The second-order valence-corrected chi connectivity index (χ2v) is 7.17. The Morgan fingerprint density at radius 3 is 2.03 bits per heavy atom. The minimum Gasteiger partial charge on any atom is -0.454 e. The molecular formula is C21H16Cl2N2O4. The molecule has 3 rings (SSSR count). The van der Waals surface area contributed by atoms with Crippen LogP contribution in [0.25, 0.3) is 0 Å². The lowest BCUT2D eigenvalue weighted by molar-refractivity contribution is -0.384. The summed E-state index contributed by atoms with van der Waals surface area (Å²) >= 11 is 12.3. The summed E-state index contributed by atoms with van der Waals surface area (Å²) in [6.07, 6.45) is 0. The lowest BCUT2D eigenvalue weighted by Gasteiger charge is -2.16. The number of nitro benzene ring substituents is 1. The van der Waals surface area contributed by atoms with Gasteiger partial charge >= 0.3 is 0 Å². The molecule has 0 atom stereocenters. The molecule has 0 aliphatic heterocycles. The van der Waals surface area contributed by atoms with Gasteiger partial charge in [0.15, 0.2) is 5.75 Å². The highest BCUT2D eigenvalue weighted by atomic mass is 35.5. The van der Waals surface area contributed by atoms with E-state index < -0.39 is 4.92 Å². The zero-order valence-electron chi connectivity index (χ0n) is 15.5. The third kappa shape index (κ3) is 4.67. The van der Waals surface area contributed by atoms with Crippen LogP contribution >= 0.6 is 23.2 Å². The van der Waals surface area contributed by atoms with E-state index in [1.54, 1.807) is 36.4 Å². The van der Waals surface area contributed by atoms with E-state index in [4.69, 9.17) is 27.9 Å². The van der Waals surface area contributed by atoms with Crippen molar-refractivity contribution in [2.75, 3.05) is 5.32 Å². The maximum absolute atomic E-state index is 12.4. The predicted octanol–water partition coefficient (Wildman–Crippen LogP) is 6.56. The highest BCUT2D eigenvalue weighted by Gasteiger charge is 2.18. The number of carbonyl (C=O) groups excluding carboxylic acids is 1. The SMILES string of the molecule is Cc1cc(NC(=O)c2ccccc2)cc(C)c1Oc1c(Cl)cc([N+](=O)[O-])cc1Cl. The van der Waals surface area contributed by atoms with Gasteiger partial charge in [-0.05, 0) is 49.2 Å². The van der Waals surface area contributed by atoms with Gasteiger partial charge in [-0.1, -0.05) is 41.4 Å². The molecule has 3 aromatic carbocycles. The van der Waals surface area contributed by atoms with Crippen LogP contribution in [0.15, 0.2) is 54.6 Å². The van der Waals surface area contributed by atoms with Crippen LogP contribution in [0.5, 0.6) is 11.5 Å². The summed E-state index contributed by atoms with van der Waals surface area (Å²) < 4.78 is 5.88. The van der Waals surface area contributed by atoms with E-state index in [0.29, 0.717) is 17.0 Å². The van der Waals surface area contributed by atoms with Gasteiger partial charge in [-0.25, -0.2) is 0 Å². The van der Waals surface area contributed by atoms with Gasteiger partial charge in [0.1, 0.15) is 5.75 Å². The molecule has 0 bridgehead atoms. The van der Waals surface area contributed by atoms with Crippen LogP contribution in [-0.2, 0) is 0 Å². The molecule has 0 aliphatic rings. The molecule has 0 aromatic heterocycles. The quantitative estimate of drug-likeness (QED) is 0.366. The maximum Gasteiger partial charge on any atom is 0.272 e. The number of anilines is 1. The van der Waals surface area contributed by atoms with Gasteiger partial charge in [0.05, 0.1) is 15.0 Å². The van der Waals surface area contributed by atoms with E-state index >= 15 is 0 Å². The van der Waals surface area contributed by atoms with Crippen molar-refractivity contribution in [2.45, 2.75) is 13.8 Å².